The Kier molecular flexibility index (Phi) is 6.57. The van der Waals surface area contributed by atoms with Crippen molar-refractivity contribution in [2.75, 3.05) is 13.1 Å². The minimum atomic E-state index is -0.464. The summed E-state index contributed by atoms with van der Waals surface area (Å²) in [7, 11) is 0. The molecule has 0 bridgehead atoms. The van der Waals surface area contributed by atoms with E-state index in [2.05, 4.69) is 22.3 Å². The third kappa shape index (κ3) is 5.03. The smallest absolute Gasteiger partial charge is 0.237 e. The van der Waals surface area contributed by atoms with E-state index >= 15 is 0 Å². The Morgan fingerprint density at radius 1 is 1.43 bits per heavy atom. The Morgan fingerprint density at radius 2 is 2.13 bits per heavy atom. The van der Waals surface area contributed by atoms with E-state index in [1.165, 1.54) is 5.56 Å². The van der Waals surface area contributed by atoms with Gasteiger partial charge in [-0.05, 0) is 17.9 Å². The molecule has 5 nitrogen and oxygen atoms in total. The van der Waals surface area contributed by atoms with Gasteiger partial charge < -0.3 is 16.2 Å². The lowest BCUT2D eigenvalue weighted by Crippen LogP contribution is -2.48. The molecule has 1 aliphatic heterocycles. The number of hydrogen-bond acceptors (Lipinski definition) is 4. The third-order valence-corrected chi connectivity index (χ3v) is 4.81. The summed E-state index contributed by atoms with van der Waals surface area (Å²) in [5, 5.41) is 12.9. The van der Waals surface area contributed by atoms with Crippen LogP contribution in [0.15, 0.2) is 30.3 Å². The summed E-state index contributed by atoms with van der Waals surface area (Å²) in [5.74, 6) is 0.0741. The number of carbonyl (C=O) groups is 1. The zero-order valence-corrected chi connectivity index (χ0v) is 14.1. The Labute approximate surface area is 138 Å². The van der Waals surface area contributed by atoms with Crippen LogP contribution in [0.25, 0.3) is 0 Å². The summed E-state index contributed by atoms with van der Waals surface area (Å²) in [6, 6.07) is 9.88. The highest BCUT2D eigenvalue weighted by molar-refractivity contribution is 5.81. The molecular formula is C18H29N3O2. The van der Waals surface area contributed by atoms with Crippen molar-refractivity contribution in [1.82, 2.24) is 10.2 Å². The summed E-state index contributed by atoms with van der Waals surface area (Å²) in [4.78, 5) is 14.4. The number of nitrogens with one attached hydrogen (secondary N) is 1. The first kappa shape index (κ1) is 17.9. The molecule has 0 saturated carbocycles. The van der Waals surface area contributed by atoms with Crippen molar-refractivity contribution in [1.29, 1.82) is 0 Å². The number of aliphatic hydroxyl groups is 1. The Hall–Kier alpha value is -1.43. The molecule has 2 rings (SSSR count). The van der Waals surface area contributed by atoms with Gasteiger partial charge in [0.05, 0.1) is 12.1 Å². The number of hydrogen-bond donors (Lipinski definition) is 3. The maximum atomic E-state index is 12.1. The van der Waals surface area contributed by atoms with Gasteiger partial charge in [0.1, 0.15) is 0 Å². The second-order valence-electron chi connectivity index (χ2n) is 6.61. The highest BCUT2D eigenvalue weighted by Crippen LogP contribution is 2.20. The van der Waals surface area contributed by atoms with Crippen LogP contribution in [0.2, 0.25) is 0 Å². The van der Waals surface area contributed by atoms with E-state index in [-0.39, 0.29) is 24.0 Å². The Bertz CT molecular complexity index is 494. The molecule has 0 aliphatic carbocycles. The van der Waals surface area contributed by atoms with Crippen LogP contribution in [0.3, 0.4) is 0 Å². The molecule has 1 aromatic carbocycles. The third-order valence-electron chi connectivity index (χ3n) is 4.81. The average Bonchev–Trinajstić information content (AvgIpc) is 2.91. The molecule has 4 N–H and O–H groups in total. The maximum Gasteiger partial charge on any atom is 0.237 e. The number of amides is 1. The van der Waals surface area contributed by atoms with Crippen molar-refractivity contribution in [3.63, 3.8) is 0 Å². The summed E-state index contributed by atoms with van der Waals surface area (Å²) in [6.45, 7) is 5.99. The Morgan fingerprint density at radius 3 is 2.78 bits per heavy atom. The molecule has 1 fully saturated rings. The molecule has 0 unspecified atom stereocenters. The van der Waals surface area contributed by atoms with Gasteiger partial charge in [-0.2, -0.15) is 0 Å². The van der Waals surface area contributed by atoms with Crippen LogP contribution in [0.1, 0.15) is 32.3 Å². The summed E-state index contributed by atoms with van der Waals surface area (Å²) < 4.78 is 0. The fourth-order valence-electron chi connectivity index (χ4n) is 3.03. The van der Waals surface area contributed by atoms with E-state index in [4.69, 9.17) is 5.73 Å². The van der Waals surface area contributed by atoms with Crippen LogP contribution in [-0.4, -0.2) is 47.2 Å². The van der Waals surface area contributed by atoms with Crippen molar-refractivity contribution >= 4 is 5.91 Å². The molecule has 1 aliphatic rings. The van der Waals surface area contributed by atoms with Gasteiger partial charge in [-0.1, -0.05) is 50.6 Å². The van der Waals surface area contributed by atoms with Crippen LogP contribution in [0.4, 0.5) is 0 Å². The first-order valence-electron chi connectivity index (χ1n) is 8.50. The molecule has 128 valence electrons. The van der Waals surface area contributed by atoms with Crippen LogP contribution >= 0.6 is 0 Å². The van der Waals surface area contributed by atoms with Gasteiger partial charge in [-0.3, -0.25) is 9.69 Å². The summed E-state index contributed by atoms with van der Waals surface area (Å²) >= 11 is 0. The first-order chi connectivity index (χ1) is 11.0. The minimum absolute atomic E-state index is 0.0969. The normalized spacial score (nSPS) is 24.3. The summed E-state index contributed by atoms with van der Waals surface area (Å²) in [6.07, 6.45) is 1.24. The number of carbonyl (C=O) groups excluding carboxylic acids is 1. The lowest BCUT2D eigenvalue weighted by atomic mass is 9.99. The molecule has 5 heteroatoms. The largest absolute Gasteiger partial charge is 0.392 e. The van der Waals surface area contributed by atoms with Gasteiger partial charge in [-0.15, -0.1) is 0 Å². The highest BCUT2D eigenvalue weighted by atomic mass is 16.3. The molecule has 23 heavy (non-hydrogen) atoms. The first-order valence-corrected chi connectivity index (χ1v) is 8.50. The quantitative estimate of drug-likeness (QED) is 0.703. The predicted octanol–water partition coefficient (Wildman–Crippen LogP) is 1.11. The standard InChI is InChI=1S/C18H29N3O2/c1-3-13(2)17(19)18(23)20-10-15-9-16(22)12-21(15)11-14-7-5-4-6-8-14/h4-8,13,15-17,22H,3,9-12,19H2,1-2H3,(H,20,23)/t13-,15-,16+,17-/m0/s1. The minimum Gasteiger partial charge on any atom is -0.392 e. The molecule has 0 radical (unpaired) electrons. The zero-order valence-electron chi connectivity index (χ0n) is 14.1. The number of β-amino-alcohol motifs (C(OH)–C–C–N with tert-alkyl or cyclic N) is 1. The second-order valence-corrected chi connectivity index (χ2v) is 6.61. The lowest BCUT2D eigenvalue weighted by Gasteiger charge is -2.25. The van der Waals surface area contributed by atoms with Gasteiger partial charge in [-0.25, -0.2) is 0 Å². The molecule has 0 aromatic heterocycles. The number of likely N-dealkylation sites (tertiary alicyclic amines) is 1. The molecule has 0 spiro atoms. The van der Waals surface area contributed by atoms with Gasteiger partial charge in [0, 0.05) is 25.7 Å². The molecule has 1 heterocycles. The monoisotopic (exact) mass is 319 g/mol. The van der Waals surface area contributed by atoms with Crippen molar-refractivity contribution in [2.45, 2.75) is 51.4 Å². The molecule has 4 atom stereocenters. The van der Waals surface area contributed by atoms with Crippen molar-refractivity contribution < 1.29 is 9.90 Å². The zero-order chi connectivity index (χ0) is 16.8. The number of aliphatic hydroxyl groups excluding tert-OH is 1. The SMILES string of the molecule is CC[C@H](C)[C@H](N)C(=O)NC[C@@H]1C[C@@H](O)CN1Cc1ccccc1. The van der Waals surface area contributed by atoms with Crippen molar-refractivity contribution in [3.05, 3.63) is 35.9 Å². The van der Waals surface area contributed by atoms with Crippen LogP contribution in [0, 0.1) is 5.92 Å². The number of nitrogens with two attached hydrogens (primary N) is 1. The van der Waals surface area contributed by atoms with Gasteiger partial charge >= 0.3 is 0 Å². The Balaban J connectivity index is 1.88. The van der Waals surface area contributed by atoms with Gasteiger partial charge in [0.2, 0.25) is 5.91 Å². The fourth-order valence-corrected chi connectivity index (χ4v) is 3.03. The molecule has 1 aromatic rings. The van der Waals surface area contributed by atoms with Crippen molar-refractivity contribution in [3.8, 4) is 0 Å². The van der Waals surface area contributed by atoms with Crippen LogP contribution < -0.4 is 11.1 Å². The maximum absolute atomic E-state index is 12.1. The summed E-state index contributed by atoms with van der Waals surface area (Å²) in [5.41, 5.74) is 7.18. The molecular weight excluding hydrogens is 290 g/mol. The van der Waals surface area contributed by atoms with Crippen LogP contribution in [-0.2, 0) is 11.3 Å². The topological polar surface area (TPSA) is 78.6 Å². The number of rotatable bonds is 7. The van der Waals surface area contributed by atoms with E-state index in [1.54, 1.807) is 0 Å². The lowest BCUT2D eigenvalue weighted by molar-refractivity contribution is -0.123. The molecule has 1 amide bonds. The van der Waals surface area contributed by atoms with E-state index in [0.717, 1.165) is 13.0 Å². The average molecular weight is 319 g/mol. The van der Waals surface area contributed by atoms with E-state index in [0.29, 0.717) is 19.5 Å². The molecule has 1 saturated heterocycles. The van der Waals surface area contributed by atoms with Gasteiger partial charge in [0.25, 0.3) is 0 Å². The van der Waals surface area contributed by atoms with E-state index in [1.807, 2.05) is 32.0 Å². The van der Waals surface area contributed by atoms with Crippen molar-refractivity contribution in [2.24, 2.45) is 11.7 Å². The highest BCUT2D eigenvalue weighted by Gasteiger charge is 2.31. The predicted molar refractivity (Wildman–Crippen MR) is 91.7 cm³/mol. The van der Waals surface area contributed by atoms with Crippen LogP contribution in [0.5, 0.6) is 0 Å². The van der Waals surface area contributed by atoms with E-state index in [9.17, 15) is 9.90 Å². The fraction of sp³-hybridized carbons (Fsp3) is 0.611. The van der Waals surface area contributed by atoms with Gasteiger partial charge in [0.15, 0.2) is 0 Å². The van der Waals surface area contributed by atoms with E-state index < -0.39 is 6.04 Å². The number of nitrogens with zero attached hydrogens (tertiary/aromatic N) is 1. The second kappa shape index (κ2) is 8.43. The number of benzene rings is 1.